The van der Waals surface area contributed by atoms with Crippen molar-refractivity contribution in [1.82, 2.24) is 30.4 Å². The Morgan fingerprint density at radius 1 is 0.820 bits per heavy atom. The number of aromatic amines is 1. The van der Waals surface area contributed by atoms with Gasteiger partial charge in [0, 0.05) is 31.3 Å². The first kappa shape index (κ1) is 41.2. The lowest BCUT2D eigenvalue weighted by atomic mass is 9.95. The lowest BCUT2D eigenvalue weighted by Gasteiger charge is -2.31. The zero-order valence-corrected chi connectivity index (χ0v) is 34.5. The summed E-state index contributed by atoms with van der Waals surface area (Å²) in [6.07, 6.45) is 7.13. The van der Waals surface area contributed by atoms with Crippen LogP contribution < -0.4 is 10.6 Å². The number of ether oxygens (including phenoxy) is 4. The van der Waals surface area contributed by atoms with Crippen LogP contribution in [0.2, 0.25) is 0 Å². The fourth-order valence-corrected chi connectivity index (χ4v) is 8.40. The maximum Gasteiger partial charge on any atom is 0.407 e. The number of carbonyl (C=O) groups excluding carboxylic acids is 4. The van der Waals surface area contributed by atoms with Crippen LogP contribution in [0.1, 0.15) is 55.7 Å². The quantitative estimate of drug-likeness (QED) is 0.149. The Labute approximate surface area is 353 Å². The fraction of sp³-hybridized carbons (Fsp3) is 0.348. The van der Waals surface area contributed by atoms with Crippen molar-refractivity contribution in [3.8, 4) is 22.4 Å². The molecule has 0 saturated carbocycles. The normalized spacial score (nSPS) is 20.1. The molecule has 316 valence electrons. The maximum atomic E-state index is 14.0. The Bertz CT molecular complexity index is 2350. The van der Waals surface area contributed by atoms with Crippen LogP contribution in [-0.4, -0.2) is 108 Å². The third kappa shape index (κ3) is 8.56. The van der Waals surface area contributed by atoms with Crippen molar-refractivity contribution >= 4 is 35.3 Å². The molecule has 0 aliphatic carbocycles. The number of hydrogen-bond donors (Lipinski definition) is 3. The maximum absolute atomic E-state index is 14.0. The van der Waals surface area contributed by atoms with E-state index in [4.69, 9.17) is 23.9 Å². The average Bonchev–Trinajstić information content (AvgIpc) is 4.15. The molecule has 0 unspecified atom stereocenters. The Morgan fingerprint density at radius 3 is 2.11 bits per heavy atom. The van der Waals surface area contributed by atoms with Gasteiger partial charge >= 0.3 is 12.2 Å². The number of imidazole rings is 1. The number of aromatic nitrogens is 2. The third-order valence-electron chi connectivity index (χ3n) is 11.6. The van der Waals surface area contributed by atoms with Crippen molar-refractivity contribution in [2.45, 2.75) is 56.6 Å². The van der Waals surface area contributed by atoms with Crippen molar-refractivity contribution in [3.63, 3.8) is 0 Å². The molecule has 2 saturated heterocycles. The van der Waals surface area contributed by atoms with E-state index in [1.807, 2.05) is 62.5 Å². The van der Waals surface area contributed by atoms with E-state index in [2.05, 4.69) is 57.0 Å². The molecule has 1 aromatic heterocycles. The second kappa shape index (κ2) is 17.6. The van der Waals surface area contributed by atoms with E-state index in [-0.39, 0.29) is 30.3 Å². The molecule has 15 nitrogen and oxygen atoms in total. The van der Waals surface area contributed by atoms with Crippen LogP contribution in [0, 0.1) is 5.92 Å². The molecule has 1 spiro atoms. The van der Waals surface area contributed by atoms with Crippen LogP contribution in [0.3, 0.4) is 0 Å². The van der Waals surface area contributed by atoms with Gasteiger partial charge in [0.25, 0.3) is 5.91 Å². The van der Waals surface area contributed by atoms with Gasteiger partial charge in [0.15, 0.2) is 5.79 Å². The fourth-order valence-electron chi connectivity index (χ4n) is 8.40. The number of benzene rings is 3. The summed E-state index contributed by atoms with van der Waals surface area (Å²) in [5, 5.41) is 5.39. The molecule has 4 aliphatic rings. The van der Waals surface area contributed by atoms with Crippen molar-refractivity contribution in [3.05, 3.63) is 120 Å². The van der Waals surface area contributed by atoms with Gasteiger partial charge in [-0.3, -0.25) is 14.6 Å². The van der Waals surface area contributed by atoms with Crippen molar-refractivity contribution < 1.29 is 38.1 Å². The minimum atomic E-state index is -0.926. The first-order valence-electron chi connectivity index (χ1n) is 20.4. The number of aliphatic imine (C=N–C) groups is 1. The van der Waals surface area contributed by atoms with E-state index in [0.29, 0.717) is 44.0 Å². The summed E-state index contributed by atoms with van der Waals surface area (Å²) in [5.74, 6) is -0.975. The van der Waals surface area contributed by atoms with E-state index in [1.54, 1.807) is 28.1 Å². The highest BCUT2D eigenvalue weighted by atomic mass is 16.7. The molecule has 15 heteroatoms. The number of nitrogens with zero attached hydrogens (tertiary/aromatic N) is 4. The lowest BCUT2D eigenvalue weighted by Crippen LogP contribution is -2.54. The van der Waals surface area contributed by atoms with Crippen LogP contribution >= 0.6 is 0 Å². The van der Waals surface area contributed by atoms with Gasteiger partial charge in [0.1, 0.15) is 23.9 Å². The van der Waals surface area contributed by atoms with Gasteiger partial charge < -0.3 is 44.4 Å². The number of methoxy groups -OCH3 is 2. The largest absolute Gasteiger partial charge is 0.453 e. The number of rotatable bonds is 11. The van der Waals surface area contributed by atoms with Crippen LogP contribution in [0.4, 0.5) is 9.59 Å². The van der Waals surface area contributed by atoms with E-state index in [1.165, 1.54) is 14.2 Å². The molecule has 0 radical (unpaired) electrons. The molecular formula is C46H49N7O8. The summed E-state index contributed by atoms with van der Waals surface area (Å²) in [6, 6.07) is 23.1. The highest BCUT2D eigenvalue weighted by Crippen LogP contribution is 2.39. The highest BCUT2D eigenvalue weighted by molar-refractivity contribution is 6.04. The minimum Gasteiger partial charge on any atom is -0.453 e. The van der Waals surface area contributed by atoms with E-state index >= 15 is 0 Å². The molecule has 4 aliphatic heterocycles. The lowest BCUT2D eigenvalue weighted by molar-refractivity contribution is -0.153. The van der Waals surface area contributed by atoms with Gasteiger partial charge in [-0.1, -0.05) is 105 Å². The summed E-state index contributed by atoms with van der Waals surface area (Å²) in [7, 11) is 2.54. The van der Waals surface area contributed by atoms with Gasteiger partial charge in [-0.05, 0) is 39.3 Å². The molecule has 5 heterocycles. The van der Waals surface area contributed by atoms with Crippen molar-refractivity contribution in [2.24, 2.45) is 10.9 Å². The summed E-state index contributed by atoms with van der Waals surface area (Å²) in [5.41, 5.74) is 7.38. The average molecular weight is 828 g/mol. The summed E-state index contributed by atoms with van der Waals surface area (Å²) >= 11 is 0. The van der Waals surface area contributed by atoms with Crippen LogP contribution in [0.15, 0.2) is 108 Å². The molecule has 61 heavy (non-hydrogen) atoms. The van der Waals surface area contributed by atoms with E-state index in [9.17, 15) is 19.2 Å². The number of likely N-dealkylation sites (tertiary alicyclic amines) is 1. The zero-order valence-electron chi connectivity index (χ0n) is 34.5. The second-order valence-corrected chi connectivity index (χ2v) is 15.8. The molecule has 2 fully saturated rings. The summed E-state index contributed by atoms with van der Waals surface area (Å²) in [6.45, 7) is 5.29. The Kier molecular flexibility index (Phi) is 11.9. The van der Waals surface area contributed by atoms with Crippen LogP contribution in [-0.2, 0) is 28.5 Å². The van der Waals surface area contributed by atoms with Gasteiger partial charge in [-0.25, -0.2) is 14.6 Å². The number of H-pyrrole nitrogens is 1. The molecule has 4 amide bonds. The minimum absolute atomic E-state index is 0.176. The van der Waals surface area contributed by atoms with Gasteiger partial charge in [0.05, 0.1) is 51.9 Å². The van der Waals surface area contributed by atoms with Gasteiger partial charge in [-0.15, -0.1) is 0 Å². The number of nitrogens with one attached hydrogen (secondary N) is 3. The van der Waals surface area contributed by atoms with Crippen molar-refractivity contribution in [2.75, 3.05) is 40.5 Å². The molecule has 4 atom stereocenters. The Hall–Kier alpha value is -6.58. The molecule has 3 N–H and O–H groups in total. The number of carbonyl (C=O) groups is 4. The monoisotopic (exact) mass is 827 g/mol. The molecule has 3 aromatic carbocycles. The van der Waals surface area contributed by atoms with E-state index in [0.717, 1.165) is 39.2 Å². The first-order chi connectivity index (χ1) is 29.6. The molecule has 4 aromatic rings. The Balaban J connectivity index is 0.918. The second-order valence-electron chi connectivity index (χ2n) is 15.8. The molecule has 8 rings (SSSR count). The highest BCUT2D eigenvalue weighted by Gasteiger charge is 2.53. The van der Waals surface area contributed by atoms with Crippen molar-refractivity contribution in [1.29, 1.82) is 0 Å². The van der Waals surface area contributed by atoms with Gasteiger partial charge in [-0.2, -0.15) is 0 Å². The third-order valence-corrected chi connectivity index (χ3v) is 11.6. The zero-order chi connectivity index (χ0) is 42.7. The number of hydrogen-bond acceptors (Lipinski definition) is 10. The smallest absolute Gasteiger partial charge is 0.407 e. The van der Waals surface area contributed by atoms with Gasteiger partial charge in [0.2, 0.25) is 5.91 Å². The first-order valence-corrected chi connectivity index (χ1v) is 20.4. The van der Waals surface area contributed by atoms with Crippen LogP contribution in [0.5, 0.6) is 0 Å². The summed E-state index contributed by atoms with van der Waals surface area (Å²) in [4.78, 5) is 68.5. The molecular weight excluding hydrogens is 779 g/mol. The standard InChI is InChI=1S/C46H49N7O8/c1-28(2)39(50-44(56)58-3)42(54)53-27-46(60-21-22-61-46)24-38(53)35-23-34(25-47-35)31-14-12-29(13-15-31)30-16-18-32(19-17-30)36-26-48-41(49-36)37-11-8-20-52(37)43(55)40(51-45(57)59-4)33-9-6-5-7-10-33/h5-19,25-26,28,37-40H,20-24,27H2,1-4H3,(H,48,49)(H,50,56)(H,51,57)/t37-,38-,39-,40+/m0/s1. The van der Waals surface area contributed by atoms with E-state index < -0.39 is 36.1 Å². The predicted octanol–water partition coefficient (Wildman–Crippen LogP) is 6.19. The number of allylic oxidation sites excluding steroid dienone is 1. The topological polar surface area (TPSA) is 177 Å². The van der Waals surface area contributed by atoms with Crippen LogP contribution in [0.25, 0.3) is 28.0 Å². The summed E-state index contributed by atoms with van der Waals surface area (Å²) < 4.78 is 21.7. The SMILES string of the molecule is COC(=O)N[C@H](C(=O)N1CC2(C[C@H]1C1=NC=C(c3ccc(-c4ccc(-c5cnc([C@@H]6C=CCN6C(=O)[C@H](NC(=O)OC)c6ccccc6)[nH]5)cc4)cc3)C1)OCCO2)C(C)C. The number of amides is 4. The Morgan fingerprint density at radius 2 is 1.46 bits per heavy atom. The molecule has 0 bridgehead atoms. The number of alkyl carbamates (subject to hydrolysis) is 2. The predicted molar refractivity (Wildman–Crippen MR) is 227 cm³/mol.